The number of hydrogen-bond donors (Lipinski definition) is 2. The van der Waals surface area contributed by atoms with Crippen LogP contribution in [-0.4, -0.2) is 21.0 Å². The number of urea groups is 1. The molecule has 1 aromatic rings. The monoisotopic (exact) mass is 320 g/mol. The van der Waals surface area contributed by atoms with Crippen molar-refractivity contribution in [3.63, 3.8) is 0 Å². The molecule has 1 saturated carbocycles. The number of rotatable bonds is 4. The SMILES string of the molecule is Cc1ccc(S(=O)(=O)NC(=O)NCC2CC3C=CC2C3)cc1. The summed E-state index contributed by atoms with van der Waals surface area (Å²) in [4.78, 5) is 11.9. The molecule has 118 valence electrons. The predicted molar refractivity (Wildman–Crippen MR) is 83.7 cm³/mol. The smallest absolute Gasteiger partial charge is 0.328 e. The number of aryl methyl sites for hydroxylation is 1. The Morgan fingerprint density at radius 1 is 1.18 bits per heavy atom. The second-order valence-corrected chi connectivity index (χ2v) is 7.85. The summed E-state index contributed by atoms with van der Waals surface area (Å²) < 4.78 is 26.3. The van der Waals surface area contributed by atoms with Crippen molar-refractivity contribution in [2.75, 3.05) is 6.54 Å². The first-order valence-electron chi connectivity index (χ1n) is 7.50. The van der Waals surface area contributed by atoms with Crippen molar-refractivity contribution >= 4 is 16.1 Å². The topological polar surface area (TPSA) is 75.3 Å². The van der Waals surface area contributed by atoms with Gasteiger partial charge in [0.05, 0.1) is 4.90 Å². The molecule has 1 aromatic carbocycles. The fourth-order valence-electron chi connectivity index (χ4n) is 3.29. The Kier molecular flexibility index (Phi) is 3.95. The summed E-state index contributed by atoms with van der Waals surface area (Å²) in [5, 5.41) is 2.68. The number of carbonyl (C=O) groups is 1. The molecule has 2 aliphatic carbocycles. The largest absolute Gasteiger partial charge is 0.337 e. The van der Waals surface area contributed by atoms with E-state index in [1.54, 1.807) is 12.1 Å². The highest BCUT2D eigenvalue weighted by atomic mass is 32.2. The molecule has 2 aliphatic rings. The maximum Gasteiger partial charge on any atom is 0.328 e. The van der Waals surface area contributed by atoms with Crippen LogP contribution in [0.3, 0.4) is 0 Å². The van der Waals surface area contributed by atoms with Crippen LogP contribution in [0, 0.1) is 24.7 Å². The van der Waals surface area contributed by atoms with E-state index < -0.39 is 16.1 Å². The molecule has 0 aliphatic heterocycles. The highest BCUT2D eigenvalue weighted by molar-refractivity contribution is 7.90. The highest BCUT2D eigenvalue weighted by Gasteiger charge is 2.35. The van der Waals surface area contributed by atoms with Crippen LogP contribution in [-0.2, 0) is 10.0 Å². The average Bonchev–Trinajstić information content (AvgIpc) is 3.07. The maximum absolute atomic E-state index is 12.1. The lowest BCUT2D eigenvalue weighted by molar-refractivity contribution is 0.242. The van der Waals surface area contributed by atoms with Crippen LogP contribution in [0.1, 0.15) is 18.4 Å². The van der Waals surface area contributed by atoms with Crippen LogP contribution >= 0.6 is 0 Å². The zero-order valence-corrected chi connectivity index (χ0v) is 13.3. The molecule has 2 N–H and O–H groups in total. The van der Waals surface area contributed by atoms with E-state index in [9.17, 15) is 13.2 Å². The molecule has 2 amide bonds. The standard InChI is InChI=1S/C16H20N2O3S/c1-11-2-6-15(7-3-11)22(20,21)18-16(19)17-10-14-9-12-4-5-13(14)8-12/h2-7,12-14H,8-10H2,1H3,(H2,17,18,19). The number of benzene rings is 1. The van der Waals surface area contributed by atoms with Crippen LogP contribution in [0.15, 0.2) is 41.3 Å². The van der Waals surface area contributed by atoms with E-state index in [1.807, 2.05) is 6.92 Å². The fourth-order valence-corrected chi connectivity index (χ4v) is 4.22. The molecule has 3 unspecified atom stereocenters. The summed E-state index contributed by atoms with van der Waals surface area (Å²) in [7, 11) is -3.81. The normalized spacial score (nSPS) is 26.1. The van der Waals surface area contributed by atoms with Gasteiger partial charge in [-0.1, -0.05) is 29.8 Å². The van der Waals surface area contributed by atoms with Gasteiger partial charge in [-0.2, -0.15) is 0 Å². The average molecular weight is 320 g/mol. The second-order valence-electron chi connectivity index (χ2n) is 6.17. The van der Waals surface area contributed by atoms with Gasteiger partial charge < -0.3 is 5.32 Å². The molecule has 3 rings (SSSR count). The van der Waals surface area contributed by atoms with Gasteiger partial charge >= 0.3 is 6.03 Å². The van der Waals surface area contributed by atoms with E-state index in [4.69, 9.17) is 0 Å². The van der Waals surface area contributed by atoms with Gasteiger partial charge in [0.1, 0.15) is 0 Å². The van der Waals surface area contributed by atoms with Crippen molar-refractivity contribution in [2.24, 2.45) is 17.8 Å². The predicted octanol–water partition coefficient (Wildman–Crippen LogP) is 2.20. The Bertz CT molecular complexity index is 695. The van der Waals surface area contributed by atoms with Crippen LogP contribution in [0.5, 0.6) is 0 Å². The molecular formula is C16H20N2O3S. The third-order valence-electron chi connectivity index (χ3n) is 4.50. The number of carbonyl (C=O) groups excluding carboxylic acids is 1. The zero-order chi connectivity index (χ0) is 15.7. The molecule has 1 fully saturated rings. The first kappa shape index (κ1) is 15.1. The van der Waals surface area contributed by atoms with Gasteiger partial charge in [-0.25, -0.2) is 17.9 Å². The van der Waals surface area contributed by atoms with Gasteiger partial charge in [0, 0.05) is 6.54 Å². The van der Waals surface area contributed by atoms with E-state index in [0.717, 1.165) is 18.4 Å². The van der Waals surface area contributed by atoms with Gasteiger partial charge in [-0.05, 0) is 49.7 Å². The van der Waals surface area contributed by atoms with Crippen LogP contribution in [0.2, 0.25) is 0 Å². The third kappa shape index (κ3) is 3.16. The number of hydrogen-bond acceptors (Lipinski definition) is 3. The first-order chi connectivity index (χ1) is 10.4. The summed E-state index contributed by atoms with van der Waals surface area (Å²) in [6.45, 7) is 2.39. The second kappa shape index (κ2) is 5.76. The van der Waals surface area contributed by atoms with E-state index in [2.05, 4.69) is 22.2 Å². The van der Waals surface area contributed by atoms with Crippen LogP contribution in [0.4, 0.5) is 4.79 Å². The van der Waals surface area contributed by atoms with Crippen LogP contribution in [0.25, 0.3) is 0 Å². The van der Waals surface area contributed by atoms with Crippen molar-refractivity contribution in [1.82, 2.24) is 10.0 Å². The Balaban J connectivity index is 1.55. The number of amides is 2. The number of nitrogens with one attached hydrogen (secondary N) is 2. The lowest BCUT2D eigenvalue weighted by atomic mass is 9.94. The minimum absolute atomic E-state index is 0.0936. The van der Waals surface area contributed by atoms with Gasteiger partial charge in [0.25, 0.3) is 10.0 Å². The lowest BCUT2D eigenvalue weighted by Gasteiger charge is -2.18. The Hall–Kier alpha value is -1.82. The first-order valence-corrected chi connectivity index (χ1v) is 8.98. The Labute approximate surface area is 130 Å². The molecule has 0 saturated heterocycles. The van der Waals surface area contributed by atoms with E-state index >= 15 is 0 Å². The number of sulfonamides is 1. The molecule has 2 bridgehead atoms. The summed E-state index contributed by atoms with van der Waals surface area (Å²) in [6, 6.07) is 5.73. The van der Waals surface area contributed by atoms with Gasteiger partial charge in [0.15, 0.2) is 0 Å². The summed E-state index contributed by atoms with van der Waals surface area (Å²) in [6.07, 6.45) is 6.69. The summed E-state index contributed by atoms with van der Waals surface area (Å²) in [5.41, 5.74) is 0.966. The van der Waals surface area contributed by atoms with Crippen LogP contribution < -0.4 is 10.0 Å². The Morgan fingerprint density at radius 2 is 1.91 bits per heavy atom. The quantitative estimate of drug-likeness (QED) is 0.835. The van der Waals surface area contributed by atoms with Gasteiger partial charge in [-0.15, -0.1) is 0 Å². The van der Waals surface area contributed by atoms with E-state index in [0.29, 0.717) is 24.3 Å². The Morgan fingerprint density at radius 3 is 2.50 bits per heavy atom. The van der Waals surface area contributed by atoms with Gasteiger partial charge in [-0.3, -0.25) is 0 Å². The minimum Gasteiger partial charge on any atom is -0.337 e. The molecular weight excluding hydrogens is 300 g/mol. The fraction of sp³-hybridized carbons (Fsp3) is 0.438. The minimum atomic E-state index is -3.81. The van der Waals surface area contributed by atoms with Crippen molar-refractivity contribution in [2.45, 2.75) is 24.7 Å². The van der Waals surface area contributed by atoms with Crippen molar-refractivity contribution in [3.05, 3.63) is 42.0 Å². The molecule has 0 radical (unpaired) electrons. The van der Waals surface area contributed by atoms with E-state index in [-0.39, 0.29) is 4.90 Å². The summed E-state index contributed by atoms with van der Waals surface area (Å²) in [5.74, 6) is 1.58. The lowest BCUT2D eigenvalue weighted by Crippen LogP contribution is -2.41. The molecule has 22 heavy (non-hydrogen) atoms. The molecule has 0 heterocycles. The van der Waals surface area contributed by atoms with E-state index in [1.165, 1.54) is 12.1 Å². The van der Waals surface area contributed by atoms with Crippen molar-refractivity contribution in [3.8, 4) is 0 Å². The molecule has 6 heteroatoms. The molecule has 5 nitrogen and oxygen atoms in total. The summed E-state index contributed by atoms with van der Waals surface area (Å²) >= 11 is 0. The number of fused-ring (bicyclic) bond motifs is 2. The third-order valence-corrected chi connectivity index (χ3v) is 5.85. The molecule has 0 aromatic heterocycles. The van der Waals surface area contributed by atoms with Crippen molar-refractivity contribution < 1.29 is 13.2 Å². The van der Waals surface area contributed by atoms with Crippen molar-refractivity contribution in [1.29, 1.82) is 0 Å². The molecule has 0 spiro atoms. The maximum atomic E-state index is 12.1. The van der Waals surface area contributed by atoms with Gasteiger partial charge in [0.2, 0.25) is 0 Å². The number of allylic oxidation sites excluding steroid dienone is 2. The molecule has 3 atom stereocenters. The zero-order valence-electron chi connectivity index (χ0n) is 12.5. The highest BCUT2D eigenvalue weighted by Crippen LogP contribution is 2.42.